The second-order valence-electron chi connectivity index (χ2n) is 8.28. The summed E-state index contributed by atoms with van der Waals surface area (Å²) in [6.45, 7) is -1.96. The molecule has 3 N–H and O–H groups in total. The summed E-state index contributed by atoms with van der Waals surface area (Å²) in [7, 11) is 1.49. The second kappa shape index (κ2) is 11.3. The molecule has 3 aromatic rings. The van der Waals surface area contributed by atoms with Crippen LogP contribution in [0.25, 0.3) is 11.4 Å². The van der Waals surface area contributed by atoms with Crippen molar-refractivity contribution in [2.24, 2.45) is 0 Å². The lowest BCUT2D eigenvalue weighted by molar-refractivity contribution is -0.167. The maximum Gasteiger partial charge on any atom is 0.301 e. The van der Waals surface area contributed by atoms with Crippen LogP contribution in [-0.2, 0) is 4.79 Å². The average Bonchev–Trinajstić information content (AvgIpc) is 2.93. The van der Waals surface area contributed by atoms with Gasteiger partial charge in [-0.3, -0.25) is 4.79 Å². The topological polar surface area (TPSA) is 167 Å². The zero-order chi connectivity index (χ0) is 27.3. The number of piperidine rings is 1. The van der Waals surface area contributed by atoms with Crippen molar-refractivity contribution in [3.63, 3.8) is 0 Å². The maximum absolute atomic E-state index is 14.8. The van der Waals surface area contributed by atoms with Crippen LogP contribution in [0.1, 0.15) is 12.0 Å². The number of halogens is 2. The van der Waals surface area contributed by atoms with Crippen molar-refractivity contribution in [1.29, 1.82) is 5.26 Å². The van der Waals surface area contributed by atoms with Crippen LogP contribution < -0.4 is 14.8 Å². The predicted octanol–water partition coefficient (Wildman–Crippen LogP) is 1.53. The summed E-state index contributed by atoms with van der Waals surface area (Å²) in [5.74, 6) is -3.67. The Labute approximate surface area is 215 Å². The highest BCUT2D eigenvalue weighted by Gasteiger charge is 2.48. The molecule has 1 amide bonds. The molecule has 1 unspecified atom stereocenters. The van der Waals surface area contributed by atoms with Gasteiger partial charge < -0.3 is 29.9 Å². The van der Waals surface area contributed by atoms with Gasteiger partial charge in [0.25, 0.3) is 5.91 Å². The zero-order valence-electron chi connectivity index (χ0n) is 20.1. The monoisotopic (exact) mass is 527 g/mol. The molecule has 1 saturated heterocycles. The number of nitrogens with zero attached hydrogens (tertiary/aromatic N) is 6. The Morgan fingerprint density at radius 1 is 1.32 bits per heavy atom. The van der Waals surface area contributed by atoms with E-state index in [0.717, 1.165) is 4.90 Å². The number of aliphatic hydroxyl groups is 2. The molecule has 3 heterocycles. The molecule has 4 rings (SSSR count). The van der Waals surface area contributed by atoms with Gasteiger partial charge in [0.15, 0.2) is 18.0 Å². The molecule has 1 aliphatic rings. The first-order valence-corrected chi connectivity index (χ1v) is 11.4. The van der Waals surface area contributed by atoms with E-state index in [0.29, 0.717) is 17.1 Å². The Kier molecular flexibility index (Phi) is 7.89. The summed E-state index contributed by atoms with van der Waals surface area (Å²) in [5.41, 5.74) is 1.04. The van der Waals surface area contributed by atoms with Gasteiger partial charge in [-0.05, 0) is 24.3 Å². The fraction of sp³-hybridized carbons (Fsp3) is 0.333. The van der Waals surface area contributed by atoms with E-state index in [2.05, 4.69) is 25.3 Å². The van der Waals surface area contributed by atoms with Crippen molar-refractivity contribution in [3.05, 3.63) is 48.4 Å². The Morgan fingerprint density at radius 2 is 2.13 bits per heavy atom. The van der Waals surface area contributed by atoms with Crippen molar-refractivity contribution in [2.75, 3.05) is 32.1 Å². The van der Waals surface area contributed by atoms with Crippen molar-refractivity contribution >= 4 is 17.5 Å². The first-order valence-electron chi connectivity index (χ1n) is 11.4. The average molecular weight is 527 g/mol. The number of aromatic nitrogens is 4. The quantitative estimate of drug-likeness (QED) is 0.389. The summed E-state index contributed by atoms with van der Waals surface area (Å²) in [6.07, 6.45) is -0.791. The highest BCUT2D eigenvalue weighted by molar-refractivity contribution is 5.81. The van der Waals surface area contributed by atoms with E-state index in [-0.39, 0.29) is 36.1 Å². The molecule has 1 fully saturated rings. The van der Waals surface area contributed by atoms with Gasteiger partial charge in [-0.15, -0.1) is 0 Å². The molecule has 1 aliphatic heterocycles. The summed E-state index contributed by atoms with van der Waals surface area (Å²) in [5, 5.41) is 31.0. The molecular formula is C24H23F2N7O5. The van der Waals surface area contributed by atoms with Gasteiger partial charge in [0.2, 0.25) is 11.8 Å². The van der Waals surface area contributed by atoms with E-state index in [1.54, 1.807) is 18.3 Å². The molecule has 0 aliphatic carbocycles. The van der Waals surface area contributed by atoms with E-state index < -0.39 is 37.2 Å². The molecule has 0 saturated carbocycles. The van der Waals surface area contributed by atoms with Gasteiger partial charge in [0.05, 0.1) is 25.8 Å². The highest BCUT2D eigenvalue weighted by atomic mass is 19.3. The molecule has 198 valence electrons. The largest absolute Gasteiger partial charge is 0.483 e. The highest BCUT2D eigenvalue weighted by Crippen LogP contribution is 2.34. The van der Waals surface area contributed by atoms with Gasteiger partial charge in [0.1, 0.15) is 18.1 Å². The van der Waals surface area contributed by atoms with Gasteiger partial charge >= 0.3 is 5.92 Å². The van der Waals surface area contributed by atoms with Gasteiger partial charge in [-0.25, -0.2) is 23.7 Å². The SMILES string of the molecule is COc1cc(Nc2ncnc(-c3ccc(OC4CCN(C(=O)[C@@H](O)CO)CC4(F)F)c(C#N)c3)n2)ccn1. The van der Waals surface area contributed by atoms with Crippen molar-refractivity contribution < 1.29 is 33.3 Å². The number of hydrogen-bond donors (Lipinski definition) is 3. The number of aliphatic hydroxyl groups excluding tert-OH is 2. The number of pyridine rings is 1. The van der Waals surface area contributed by atoms with Crippen LogP contribution in [0.2, 0.25) is 0 Å². The third-order valence-corrected chi connectivity index (χ3v) is 5.70. The van der Waals surface area contributed by atoms with E-state index in [4.69, 9.17) is 14.6 Å². The smallest absolute Gasteiger partial charge is 0.301 e. The summed E-state index contributed by atoms with van der Waals surface area (Å²) >= 11 is 0. The number of amides is 1. The number of methoxy groups -OCH3 is 1. The van der Waals surface area contributed by atoms with Crippen molar-refractivity contribution in [1.82, 2.24) is 24.8 Å². The predicted molar refractivity (Wildman–Crippen MR) is 128 cm³/mol. The number of anilines is 2. The molecule has 14 heteroatoms. The minimum Gasteiger partial charge on any atom is -0.483 e. The van der Waals surface area contributed by atoms with Crippen LogP contribution in [0.3, 0.4) is 0 Å². The summed E-state index contributed by atoms with van der Waals surface area (Å²) in [6, 6.07) is 9.59. The molecule has 0 spiro atoms. The minimum atomic E-state index is -3.46. The van der Waals surface area contributed by atoms with Crippen LogP contribution in [0, 0.1) is 11.3 Å². The molecule has 12 nitrogen and oxygen atoms in total. The number of carbonyl (C=O) groups excluding carboxylic acids is 1. The number of rotatable bonds is 8. The maximum atomic E-state index is 14.8. The number of ether oxygens (including phenoxy) is 2. The molecule has 2 aromatic heterocycles. The normalized spacial score (nSPS) is 17.3. The van der Waals surface area contributed by atoms with Crippen molar-refractivity contribution in [2.45, 2.75) is 24.6 Å². The first-order chi connectivity index (χ1) is 18.2. The second-order valence-corrected chi connectivity index (χ2v) is 8.28. The first kappa shape index (κ1) is 26.6. The zero-order valence-corrected chi connectivity index (χ0v) is 20.1. The molecule has 0 bridgehead atoms. The molecule has 38 heavy (non-hydrogen) atoms. The van der Waals surface area contributed by atoms with E-state index in [1.807, 2.05) is 6.07 Å². The number of nitriles is 1. The Morgan fingerprint density at radius 3 is 2.84 bits per heavy atom. The third kappa shape index (κ3) is 5.90. The number of benzene rings is 1. The van der Waals surface area contributed by atoms with Crippen LogP contribution in [0.5, 0.6) is 11.6 Å². The summed E-state index contributed by atoms with van der Waals surface area (Å²) in [4.78, 5) is 29.3. The summed E-state index contributed by atoms with van der Waals surface area (Å²) < 4.78 is 40.2. The Bertz CT molecular complexity index is 1350. The Balaban J connectivity index is 1.50. The van der Waals surface area contributed by atoms with Gasteiger partial charge in [-0.2, -0.15) is 10.2 Å². The van der Waals surface area contributed by atoms with Crippen LogP contribution in [-0.4, -0.2) is 85.9 Å². The van der Waals surface area contributed by atoms with E-state index in [9.17, 15) is 23.9 Å². The minimum absolute atomic E-state index is 0.0127. The molecular weight excluding hydrogens is 504 g/mol. The molecule has 2 atom stereocenters. The number of likely N-dealkylation sites (tertiary alicyclic amines) is 1. The number of hydrogen-bond acceptors (Lipinski definition) is 11. The standard InChI is InChI=1S/C24H23F2N7O5/c1-37-20-9-16(4-6-28-20)31-23-30-13-29-21(32-23)14-2-3-18(15(8-14)10-27)38-19-5-7-33(12-24(19,25)26)22(36)17(35)11-34/h2-4,6,8-9,13,17,19,34-35H,5,7,11-12H2,1H3,(H,28,29,30,31,32)/t17-,19?/m0/s1. The van der Waals surface area contributed by atoms with E-state index in [1.165, 1.54) is 31.6 Å². The van der Waals surface area contributed by atoms with Gasteiger partial charge in [0, 0.05) is 36.5 Å². The van der Waals surface area contributed by atoms with Crippen LogP contribution in [0.4, 0.5) is 20.4 Å². The van der Waals surface area contributed by atoms with E-state index >= 15 is 0 Å². The number of nitrogens with one attached hydrogen (secondary N) is 1. The van der Waals surface area contributed by atoms with Crippen LogP contribution in [0.15, 0.2) is 42.9 Å². The fourth-order valence-electron chi connectivity index (χ4n) is 3.78. The molecule has 0 radical (unpaired) electrons. The van der Waals surface area contributed by atoms with Crippen LogP contribution >= 0.6 is 0 Å². The van der Waals surface area contributed by atoms with Crippen molar-refractivity contribution in [3.8, 4) is 29.1 Å². The fourth-order valence-corrected chi connectivity index (χ4v) is 3.78. The van der Waals surface area contributed by atoms with Gasteiger partial charge in [-0.1, -0.05) is 0 Å². The lowest BCUT2D eigenvalue weighted by atomic mass is 10.0. The number of carbonyl (C=O) groups is 1. The molecule has 1 aromatic carbocycles. The number of alkyl halides is 2. The Hall–Kier alpha value is -4.48. The lowest BCUT2D eigenvalue weighted by Crippen LogP contribution is -2.57. The third-order valence-electron chi connectivity index (χ3n) is 5.70. The lowest BCUT2D eigenvalue weighted by Gasteiger charge is -2.38.